The summed E-state index contributed by atoms with van der Waals surface area (Å²) in [6.07, 6.45) is -0.547. The quantitative estimate of drug-likeness (QED) is 0.596. The van der Waals surface area contributed by atoms with E-state index >= 15 is 0 Å². The summed E-state index contributed by atoms with van der Waals surface area (Å²) in [5, 5.41) is 9.65. The molecular weight excluding hydrogens is 166 g/mol. The van der Waals surface area contributed by atoms with E-state index in [-0.39, 0.29) is 6.61 Å². The lowest BCUT2D eigenvalue weighted by Crippen LogP contribution is -1.97. The fourth-order valence-electron chi connectivity index (χ4n) is 1.05. The van der Waals surface area contributed by atoms with Crippen LogP contribution in [0.15, 0.2) is 12.1 Å². The fourth-order valence-corrected chi connectivity index (χ4v) is 1.19. The predicted octanol–water partition coefficient (Wildman–Crippen LogP) is 1.16. The lowest BCUT2D eigenvalue weighted by Gasteiger charge is -1.97. The minimum absolute atomic E-state index is 0.280. The summed E-state index contributed by atoms with van der Waals surface area (Å²) >= 11 is 5.60. The first-order valence-corrected chi connectivity index (χ1v) is 3.62. The number of aliphatic hydroxyl groups excluding tert-OH is 1. The third-order valence-electron chi connectivity index (χ3n) is 1.59. The van der Waals surface area contributed by atoms with E-state index in [1.165, 1.54) is 0 Å². The van der Waals surface area contributed by atoms with Gasteiger partial charge in [-0.1, -0.05) is 11.6 Å². The second-order valence-electron chi connectivity index (χ2n) is 2.36. The number of pyridine rings is 1. The summed E-state index contributed by atoms with van der Waals surface area (Å²) in [5.74, 6) is 0.449. The first-order chi connectivity index (χ1) is 5.27. The van der Waals surface area contributed by atoms with Gasteiger partial charge in [-0.3, -0.25) is 0 Å². The van der Waals surface area contributed by atoms with Crippen molar-refractivity contribution in [2.45, 2.75) is 6.10 Å². The molecule has 2 heterocycles. The number of halogens is 1. The smallest absolute Gasteiger partial charge is 0.220 e. The molecule has 2 rings (SSSR count). The highest BCUT2D eigenvalue weighted by molar-refractivity contribution is 6.29. The van der Waals surface area contributed by atoms with Crippen LogP contribution in [0.5, 0.6) is 5.88 Å². The van der Waals surface area contributed by atoms with Crippen molar-refractivity contribution in [3.63, 3.8) is 0 Å². The summed E-state index contributed by atoms with van der Waals surface area (Å²) in [6, 6.07) is 3.36. The molecule has 0 fully saturated rings. The average molecular weight is 172 g/mol. The molecule has 4 heteroatoms. The zero-order valence-electron chi connectivity index (χ0n) is 5.62. The van der Waals surface area contributed by atoms with E-state index < -0.39 is 6.10 Å². The Balaban J connectivity index is 2.50. The monoisotopic (exact) mass is 171 g/mol. The average Bonchev–Trinajstić information content (AvgIpc) is 2.32. The van der Waals surface area contributed by atoms with Crippen LogP contribution in [0.4, 0.5) is 0 Å². The molecule has 1 aliphatic heterocycles. The van der Waals surface area contributed by atoms with Crippen LogP contribution >= 0.6 is 11.6 Å². The SMILES string of the molecule is OC1COc2nc(Cl)ccc21. The number of fused-ring (bicyclic) bond motifs is 1. The number of hydrogen-bond donors (Lipinski definition) is 1. The van der Waals surface area contributed by atoms with Crippen LogP contribution in [-0.4, -0.2) is 16.7 Å². The minimum atomic E-state index is -0.547. The van der Waals surface area contributed by atoms with Gasteiger partial charge in [0.1, 0.15) is 17.9 Å². The van der Waals surface area contributed by atoms with E-state index in [0.29, 0.717) is 11.0 Å². The zero-order chi connectivity index (χ0) is 7.84. The predicted molar refractivity (Wildman–Crippen MR) is 39.7 cm³/mol. The van der Waals surface area contributed by atoms with E-state index in [0.717, 1.165) is 5.56 Å². The Morgan fingerprint density at radius 3 is 3.27 bits per heavy atom. The molecular formula is C7H6ClNO2. The van der Waals surface area contributed by atoms with Crippen molar-refractivity contribution in [2.75, 3.05) is 6.61 Å². The van der Waals surface area contributed by atoms with Crippen molar-refractivity contribution >= 4 is 11.6 Å². The van der Waals surface area contributed by atoms with Crippen LogP contribution in [0.25, 0.3) is 0 Å². The van der Waals surface area contributed by atoms with Gasteiger partial charge in [0.25, 0.3) is 0 Å². The highest BCUT2D eigenvalue weighted by Crippen LogP contribution is 2.30. The fraction of sp³-hybridized carbons (Fsp3) is 0.286. The van der Waals surface area contributed by atoms with E-state index in [1.54, 1.807) is 12.1 Å². The Kier molecular flexibility index (Phi) is 1.47. The molecule has 3 nitrogen and oxygen atoms in total. The molecule has 0 aliphatic carbocycles. The summed E-state index contributed by atoms with van der Waals surface area (Å²) in [4.78, 5) is 3.89. The van der Waals surface area contributed by atoms with Crippen LogP contribution < -0.4 is 4.74 Å². The Labute approximate surface area is 68.6 Å². The van der Waals surface area contributed by atoms with Gasteiger partial charge in [0.05, 0.1) is 0 Å². The summed E-state index contributed by atoms with van der Waals surface area (Å²) in [5.41, 5.74) is 0.717. The largest absolute Gasteiger partial charge is 0.474 e. The summed E-state index contributed by atoms with van der Waals surface area (Å²) in [6.45, 7) is 0.280. The number of aromatic nitrogens is 1. The second kappa shape index (κ2) is 2.36. The second-order valence-corrected chi connectivity index (χ2v) is 2.74. The molecule has 1 aromatic rings. The van der Waals surface area contributed by atoms with Gasteiger partial charge in [-0.2, -0.15) is 0 Å². The van der Waals surface area contributed by atoms with Gasteiger partial charge in [0, 0.05) is 5.56 Å². The molecule has 0 saturated carbocycles. The first-order valence-electron chi connectivity index (χ1n) is 3.24. The number of aliphatic hydroxyl groups is 1. The molecule has 1 N–H and O–H groups in total. The van der Waals surface area contributed by atoms with Crippen molar-refractivity contribution in [1.29, 1.82) is 0 Å². The van der Waals surface area contributed by atoms with Crippen molar-refractivity contribution in [1.82, 2.24) is 4.98 Å². The van der Waals surface area contributed by atoms with E-state index in [2.05, 4.69) is 4.98 Å². The van der Waals surface area contributed by atoms with Crippen molar-refractivity contribution in [3.05, 3.63) is 22.8 Å². The highest BCUT2D eigenvalue weighted by atomic mass is 35.5. The number of ether oxygens (including phenoxy) is 1. The lowest BCUT2D eigenvalue weighted by atomic mass is 10.2. The molecule has 1 atom stereocenters. The molecule has 58 valence electrons. The summed E-state index contributed by atoms with van der Waals surface area (Å²) in [7, 11) is 0. The van der Waals surface area contributed by atoms with Crippen LogP contribution in [0.3, 0.4) is 0 Å². The maximum atomic E-state index is 9.26. The van der Waals surface area contributed by atoms with E-state index in [1.807, 2.05) is 0 Å². The van der Waals surface area contributed by atoms with Crippen LogP contribution in [0.1, 0.15) is 11.7 Å². The Morgan fingerprint density at radius 2 is 2.45 bits per heavy atom. The van der Waals surface area contributed by atoms with Gasteiger partial charge in [-0.05, 0) is 12.1 Å². The van der Waals surface area contributed by atoms with E-state index in [9.17, 15) is 5.11 Å². The highest BCUT2D eigenvalue weighted by Gasteiger charge is 2.22. The van der Waals surface area contributed by atoms with Gasteiger partial charge in [-0.25, -0.2) is 4.98 Å². The van der Waals surface area contributed by atoms with Crippen molar-refractivity contribution in [2.24, 2.45) is 0 Å². The lowest BCUT2D eigenvalue weighted by molar-refractivity contribution is 0.139. The molecule has 1 aliphatic rings. The third kappa shape index (κ3) is 1.06. The number of hydrogen-bond acceptors (Lipinski definition) is 3. The minimum Gasteiger partial charge on any atom is -0.474 e. The molecule has 0 radical (unpaired) electrons. The Bertz CT molecular complexity index is 290. The van der Waals surface area contributed by atoms with Gasteiger partial charge in [0.2, 0.25) is 5.88 Å². The maximum absolute atomic E-state index is 9.26. The number of nitrogens with zero attached hydrogens (tertiary/aromatic N) is 1. The normalized spacial score (nSPS) is 21.1. The van der Waals surface area contributed by atoms with Gasteiger partial charge in [0.15, 0.2) is 0 Å². The van der Waals surface area contributed by atoms with Gasteiger partial charge in [-0.15, -0.1) is 0 Å². The van der Waals surface area contributed by atoms with Crippen molar-refractivity contribution in [3.8, 4) is 5.88 Å². The van der Waals surface area contributed by atoms with Crippen LogP contribution in [0, 0.1) is 0 Å². The molecule has 11 heavy (non-hydrogen) atoms. The molecule has 0 saturated heterocycles. The zero-order valence-corrected chi connectivity index (χ0v) is 6.38. The van der Waals surface area contributed by atoms with Crippen LogP contribution in [0.2, 0.25) is 5.15 Å². The van der Waals surface area contributed by atoms with E-state index in [4.69, 9.17) is 16.3 Å². The molecule has 0 aromatic carbocycles. The first kappa shape index (κ1) is 6.88. The summed E-state index contributed by atoms with van der Waals surface area (Å²) < 4.78 is 5.05. The maximum Gasteiger partial charge on any atom is 0.220 e. The Hall–Kier alpha value is -0.800. The van der Waals surface area contributed by atoms with Gasteiger partial charge >= 0.3 is 0 Å². The molecule has 1 unspecified atom stereocenters. The van der Waals surface area contributed by atoms with Crippen molar-refractivity contribution < 1.29 is 9.84 Å². The molecule has 1 aromatic heterocycles. The molecule has 0 amide bonds. The topological polar surface area (TPSA) is 42.4 Å². The third-order valence-corrected chi connectivity index (χ3v) is 1.80. The van der Waals surface area contributed by atoms with Crippen LogP contribution in [-0.2, 0) is 0 Å². The number of rotatable bonds is 0. The molecule has 0 spiro atoms. The van der Waals surface area contributed by atoms with Gasteiger partial charge < -0.3 is 9.84 Å². The standard InChI is InChI=1S/C7H6ClNO2/c8-6-2-1-4-5(10)3-11-7(4)9-6/h1-2,5,10H,3H2. The Morgan fingerprint density at radius 1 is 1.64 bits per heavy atom. The molecule has 0 bridgehead atoms.